The zero-order chi connectivity index (χ0) is 35.8. The van der Waals surface area contributed by atoms with Gasteiger partial charge in [0.25, 0.3) is 0 Å². The van der Waals surface area contributed by atoms with E-state index in [0.29, 0.717) is 5.56 Å². The fourth-order valence-corrected chi connectivity index (χ4v) is 9.18. The van der Waals surface area contributed by atoms with Crippen LogP contribution in [0.3, 0.4) is 0 Å². The van der Waals surface area contributed by atoms with Crippen molar-refractivity contribution >= 4 is 5.69 Å². The predicted molar refractivity (Wildman–Crippen MR) is 217 cm³/mol. The van der Waals surface area contributed by atoms with Crippen LogP contribution in [-0.4, -0.2) is 0 Å². The van der Waals surface area contributed by atoms with Crippen molar-refractivity contribution in [1.29, 1.82) is 5.26 Å². The Bertz CT molecular complexity index is 2780. The smallest absolute Gasteiger partial charge is 0.196 e. The predicted octanol–water partition coefficient (Wildman–Crippen LogP) is 12.4. The van der Waals surface area contributed by atoms with Crippen LogP contribution in [0.5, 0.6) is 5.75 Å². The van der Waals surface area contributed by atoms with Gasteiger partial charge in [0.05, 0.1) is 22.7 Å². The van der Waals surface area contributed by atoms with E-state index in [0.717, 1.165) is 44.8 Å². The van der Waals surface area contributed by atoms with Gasteiger partial charge in [0, 0.05) is 5.56 Å². The monoisotopic (exact) mass is 688 g/mol. The van der Waals surface area contributed by atoms with Crippen molar-refractivity contribution in [2.24, 2.45) is 0 Å². The van der Waals surface area contributed by atoms with Crippen molar-refractivity contribution in [3.8, 4) is 67.5 Å². The summed E-state index contributed by atoms with van der Waals surface area (Å²) in [5.74, 6) is 0.857. The minimum absolute atomic E-state index is 0.278. The van der Waals surface area contributed by atoms with Crippen LogP contribution in [0.2, 0.25) is 0 Å². The first-order valence-electron chi connectivity index (χ1n) is 18.4. The fraction of sp³-hybridized carbons (Fsp3) is 0.0392. The Labute approximate surface area is 314 Å². The molecule has 1 unspecified atom stereocenters. The number of nitrogens with one attached hydrogen (secondary N) is 1. The highest BCUT2D eigenvalue weighted by Gasteiger charge is 2.52. The van der Waals surface area contributed by atoms with Crippen LogP contribution in [0.25, 0.3) is 55.6 Å². The van der Waals surface area contributed by atoms with Gasteiger partial charge in [-0.05, 0) is 102 Å². The Hall–Kier alpha value is -7.15. The van der Waals surface area contributed by atoms with E-state index in [1.165, 1.54) is 50.1 Å². The molecule has 0 aromatic heterocycles. The summed E-state index contributed by atoms with van der Waals surface area (Å²) in [6.07, 6.45) is -0.278. The number of benzene rings is 8. The Kier molecular flexibility index (Phi) is 6.59. The molecule has 0 amide bonds. The molecule has 1 aliphatic heterocycles. The van der Waals surface area contributed by atoms with Crippen LogP contribution in [0, 0.1) is 11.3 Å². The highest BCUT2D eigenvalue weighted by atomic mass is 16.5. The van der Waals surface area contributed by atoms with Crippen molar-refractivity contribution in [2.75, 3.05) is 5.32 Å². The van der Waals surface area contributed by atoms with Crippen molar-refractivity contribution in [3.63, 3.8) is 0 Å². The number of rotatable bonds is 4. The second kappa shape index (κ2) is 11.7. The lowest BCUT2D eigenvalue weighted by atomic mass is 9.70. The third-order valence-electron chi connectivity index (χ3n) is 11.6. The molecule has 1 heterocycles. The van der Waals surface area contributed by atoms with E-state index < -0.39 is 0 Å². The van der Waals surface area contributed by atoms with Gasteiger partial charge in [0.1, 0.15) is 5.75 Å². The van der Waals surface area contributed by atoms with Crippen molar-refractivity contribution in [2.45, 2.75) is 11.6 Å². The van der Waals surface area contributed by atoms with Gasteiger partial charge in [-0.25, -0.2) is 0 Å². The van der Waals surface area contributed by atoms with Crippen molar-refractivity contribution in [1.82, 2.24) is 0 Å². The maximum Gasteiger partial charge on any atom is 0.196 e. The molecular weight excluding hydrogens is 657 g/mol. The molecular formula is C51H32N2O. The SMILES string of the molecule is N#Cc1ccc(-c2ccc(-c3ccc(C4Nc5ccc(-c6cccc7c6-c6ccccc6C76c7ccccc7-c7ccccc76)cc5O4)cc3)cc2)cc1. The van der Waals surface area contributed by atoms with Crippen LogP contribution in [-0.2, 0) is 5.41 Å². The van der Waals surface area contributed by atoms with Gasteiger partial charge >= 0.3 is 0 Å². The number of anilines is 1. The van der Waals surface area contributed by atoms with Crippen LogP contribution >= 0.6 is 0 Å². The van der Waals surface area contributed by atoms with E-state index in [9.17, 15) is 0 Å². The van der Waals surface area contributed by atoms with Crippen molar-refractivity contribution < 1.29 is 4.74 Å². The molecule has 3 nitrogen and oxygen atoms in total. The lowest BCUT2D eigenvalue weighted by Gasteiger charge is -2.30. The first-order chi connectivity index (χ1) is 26.7. The lowest BCUT2D eigenvalue weighted by Crippen LogP contribution is -2.25. The highest BCUT2D eigenvalue weighted by molar-refractivity contribution is 6.00. The third-order valence-corrected chi connectivity index (χ3v) is 11.6. The number of fused-ring (bicyclic) bond motifs is 11. The van der Waals surface area contributed by atoms with Crippen LogP contribution in [0.4, 0.5) is 5.69 Å². The Morgan fingerprint density at radius 3 is 1.56 bits per heavy atom. The largest absolute Gasteiger partial charge is 0.464 e. The summed E-state index contributed by atoms with van der Waals surface area (Å²) in [4.78, 5) is 0. The van der Waals surface area contributed by atoms with Gasteiger partial charge in [-0.2, -0.15) is 5.26 Å². The molecule has 0 saturated carbocycles. The third kappa shape index (κ3) is 4.35. The van der Waals surface area contributed by atoms with E-state index in [-0.39, 0.29) is 11.6 Å². The average molecular weight is 689 g/mol. The topological polar surface area (TPSA) is 45.0 Å². The second-order valence-corrected chi connectivity index (χ2v) is 14.4. The molecule has 2 aliphatic carbocycles. The molecule has 0 bridgehead atoms. The molecule has 8 aromatic carbocycles. The minimum atomic E-state index is -0.367. The molecule has 252 valence electrons. The molecule has 0 fully saturated rings. The number of hydrogen-bond acceptors (Lipinski definition) is 3. The Balaban J connectivity index is 0.910. The molecule has 3 heteroatoms. The Morgan fingerprint density at radius 1 is 0.463 bits per heavy atom. The van der Waals surface area contributed by atoms with E-state index in [1.54, 1.807) is 0 Å². The molecule has 8 aromatic rings. The van der Waals surface area contributed by atoms with Gasteiger partial charge in [0.15, 0.2) is 6.23 Å². The standard InChI is InChI=1S/C51H32N2O/c52-31-32-16-18-33(19-17-32)34-20-22-35(23-21-34)36-24-26-37(27-25-36)50-53-47-29-28-38(30-48(47)54-50)39-11-7-15-46-49(39)42-10-3-6-14-45(42)51(46)43-12-4-1-8-40(43)41-9-2-5-13-44(41)51/h1-30,50,53H. The van der Waals surface area contributed by atoms with E-state index in [1.807, 2.05) is 24.3 Å². The van der Waals surface area contributed by atoms with Gasteiger partial charge < -0.3 is 10.1 Å². The average Bonchev–Trinajstić information content (AvgIpc) is 3.91. The van der Waals surface area contributed by atoms with Crippen LogP contribution in [0.1, 0.15) is 39.6 Å². The van der Waals surface area contributed by atoms with Gasteiger partial charge in [0.2, 0.25) is 0 Å². The summed E-state index contributed by atoms with van der Waals surface area (Å²) >= 11 is 0. The summed E-state index contributed by atoms with van der Waals surface area (Å²) in [5.41, 5.74) is 19.8. The molecule has 3 aliphatic rings. The second-order valence-electron chi connectivity index (χ2n) is 14.4. The molecule has 11 rings (SSSR count). The van der Waals surface area contributed by atoms with E-state index >= 15 is 0 Å². The molecule has 1 spiro atoms. The normalized spacial score (nSPS) is 14.9. The van der Waals surface area contributed by atoms with Crippen LogP contribution < -0.4 is 10.1 Å². The quantitative estimate of drug-likeness (QED) is 0.200. The molecule has 54 heavy (non-hydrogen) atoms. The number of nitriles is 1. The molecule has 0 radical (unpaired) electrons. The maximum absolute atomic E-state index is 9.12. The van der Waals surface area contributed by atoms with Gasteiger partial charge in [-0.1, -0.05) is 158 Å². The molecule has 0 saturated heterocycles. The fourth-order valence-electron chi connectivity index (χ4n) is 9.18. The summed E-state index contributed by atoms with van der Waals surface area (Å²) in [6.45, 7) is 0. The minimum Gasteiger partial charge on any atom is -0.464 e. The number of ether oxygens (including phenoxy) is 1. The van der Waals surface area contributed by atoms with Crippen LogP contribution in [0.15, 0.2) is 182 Å². The molecule has 1 N–H and O–H groups in total. The first-order valence-corrected chi connectivity index (χ1v) is 18.4. The van der Waals surface area contributed by atoms with E-state index in [2.05, 4.69) is 169 Å². The zero-order valence-corrected chi connectivity index (χ0v) is 29.3. The van der Waals surface area contributed by atoms with Crippen molar-refractivity contribution in [3.05, 3.63) is 215 Å². The Morgan fingerprint density at radius 2 is 0.944 bits per heavy atom. The highest BCUT2D eigenvalue weighted by Crippen LogP contribution is 2.64. The lowest BCUT2D eigenvalue weighted by molar-refractivity contribution is 0.260. The summed E-state index contributed by atoms with van der Waals surface area (Å²) < 4.78 is 6.63. The zero-order valence-electron chi connectivity index (χ0n) is 29.3. The first kappa shape index (κ1) is 30.5. The van der Waals surface area contributed by atoms with Gasteiger partial charge in [-0.15, -0.1) is 0 Å². The molecule has 1 atom stereocenters. The summed E-state index contributed by atoms with van der Waals surface area (Å²) in [5, 5.41) is 12.7. The van der Waals surface area contributed by atoms with Gasteiger partial charge in [-0.3, -0.25) is 0 Å². The summed E-state index contributed by atoms with van der Waals surface area (Å²) in [7, 11) is 0. The maximum atomic E-state index is 9.12. The number of hydrogen-bond donors (Lipinski definition) is 1. The summed E-state index contributed by atoms with van der Waals surface area (Å²) in [6, 6.07) is 67.3. The number of nitrogens with zero attached hydrogens (tertiary/aromatic N) is 1. The van der Waals surface area contributed by atoms with E-state index in [4.69, 9.17) is 10.00 Å².